The smallest absolute Gasteiger partial charge is 0.261 e. The molecule has 1 saturated heterocycles. The second kappa shape index (κ2) is 13.3. The zero-order chi connectivity index (χ0) is 24.3. The molecule has 6 heteroatoms. The monoisotopic (exact) mass is 464 g/mol. The summed E-state index contributed by atoms with van der Waals surface area (Å²) in [5, 5.41) is 24.4. The lowest BCUT2D eigenvalue weighted by atomic mass is 10.1. The van der Waals surface area contributed by atoms with Crippen LogP contribution in [-0.4, -0.2) is 52.8 Å². The molecule has 2 aromatic rings. The Bertz CT molecular complexity index is 1010. The molecule has 34 heavy (non-hydrogen) atoms. The Labute approximate surface area is 204 Å². The fourth-order valence-corrected chi connectivity index (χ4v) is 4.90. The number of aliphatic hydroxyl groups is 1. The van der Waals surface area contributed by atoms with Crippen molar-refractivity contribution in [2.75, 3.05) is 26.2 Å². The van der Waals surface area contributed by atoms with E-state index in [0.29, 0.717) is 19.6 Å². The molecule has 0 radical (unpaired) electrons. The largest absolute Gasteiger partial charge is 0.390 e. The highest BCUT2D eigenvalue weighted by molar-refractivity contribution is 6.04. The van der Waals surface area contributed by atoms with Gasteiger partial charge in [-0.1, -0.05) is 57.2 Å². The van der Waals surface area contributed by atoms with Crippen LogP contribution in [0.3, 0.4) is 0 Å². The second-order valence-corrected chi connectivity index (χ2v) is 9.48. The quantitative estimate of drug-likeness (QED) is 0.254. The number of nitrogens with zero attached hydrogens (tertiary/aromatic N) is 3. The maximum atomic E-state index is 12.7. The van der Waals surface area contributed by atoms with Crippen LogP contribution in [0, 0.1) is 18.3 Å². The average Bonchev–Trinajstić information content (AvgIpc) is 3.43. The Morgan fingerprint density at radius 3 is 2.59 bits per heavy atom. The number of para-hydroxylation sites is 1. The van der Waals surface area contributed by atoms with Gasteiger partial charge in [0.2, 0.25) is 0 Å². The number of aromatic nitrogens is 1. The number of aliphatic hydroxyl groups excluding tert-OH is 1. The lowest BCUT2D eigenvalue weighted by Crippen LogP contribution is -2.32. The molecule has 1 aliphatic rings. The van der Waals surface area contributed by atoms with Crippen molar-refractivity contribution in [3.05, 3.63) is 41.1 Å². The maximum absolute atomic E-state index is 12.7. The Kier molecular flexibility index (Phi) is 10.2. The molecule has 2 heterocycles. The van der Waals surface area contributed by atoms with Crippen molar-refractivity contribution in [3.63, 3.8) is 0 Å². The van der Waals surface area contributed by atoms with Gasteiger partial charge in [0, 0.05) is 35.2 Å². The lowest BCUT2D eigenvalue weighted by Gasteiger charge is -2.21. The van der Waals surface area contributed by atoms with Crippen LogP contribution in [-0.2, 0) is 11.3 Å². The van der Waals surface area contributed by atoms with Crippen LogP contribution in [0.1, 0.15) is 69.5 Å². The summed E-state index contributed by atoms with van der Waals surface area (Å²) in [5.74, 6) is -0.318. The number of fused-ring (bicyclic) bond motifs is 1. The molecule has 0 spiro atoms. The van der Waals surface area contributed by atoms with E-state index in [1.807, 2.05) is 31.2 Å². The normalized spacial score (nSPS) is 15.5. The van der Waals surface area contributed by atoms with E-state index in [2.05, 4.69) is 27.8 Å². The number of hydrogen-bond acceptors (Lipinski definition) is 4. The highest BCUT2D eigenvalue weighted by atomic mass is 16.3. The molecule has 6 nitrogen and oxygen atoms in total. The second-order valence-electron chi connectivity index (χ2n) is 9.48. The molecule has 1 unspecified atom stereocenters. The summed E-state index contributed by atoms with van der Waals surface area (Å²) in [7, 11) is 0. The van der Waals surface area contributed by atoms with E-state index in [9.17, 15) is 15.2 Å². The Morgan fingerprint density at radius 1 is 1.15 bits per heavy atom. The number of unbranched alkanes of at least 4 members (excludes halogenated alkanes) is 5. The van der Waals surface area contributed by atoms with Gasteiger partial charge in [0.25, 0.3) is 5.91 Å². The highest BCUT2D eigenvalue weighted by Gasteiger charge is 2.20. The minimum atomic E-state index is -0.472. The Morgan fingerprint density at radius 2 is 1.85 bits per heavy atom. The maximum Gasteiger partial charge on any atom is 0.261 e. The van der Waals surface area contributed by atoms with Gasteiger partial charge in [0.1, 0.15) is 11.6 Å². The van der Waals surface area contributed by atoms with Crippen LogP contribution in [0.4, 0.5) is 0 Å². The predicted molar refractivity (Wildman–Crippen MR) is 138 cm³/mol. The van der Waals surface area contributed by atoms with E-state index in [-0.39, 0.29) is 11.5 Å². The molecule has 1 aliphatic heterocycles. The molecule has 1 fully saturated rings. The number of carbonyl (C=O) groups excluding carboxylic acids is 1. The van der Waals surface area contributed by atoms with E-state index in [0.717, 1.165) is 48.1 Å². The summed E-state index contributed by atoms with van der Waals surface area (Å²) in [6.07, 6.45) is 10.6. The van der Waals surface area contributed by atoms with Gasteiger partial charge < -0.3 is 19.9 Å². The Hall–Kier alpha value is -2.62. The zero-order valence-electron chi connectivity index (χ0n) is 20.9. The van der Waals surface area contributed by atoms with Crippen LogP contribution >= 0.6 is 0 Å². The van der Waals surface area contributed by atoms with Crippen LogP contribution < -0.4 is 5.32 Å². The van der Waals surface area contributed by atoms with E-state index in [1.54, 1.807) is 6.08 Å². The van der Waals surface area contributed by atoms with Gasteiger partial charge in [-0.05, 0) is 51.4 Å². The number of likely N-dealkylation sites (tertiary alicyclic amines) is 1. The van der Waals surface area contributed by atoms with Crippen molar-refractivity contribution < 1.29 is 9.90 Å². The van der Waals surface area contributed by atoms with E-state index in [4.69, 9.17) is 0 Å². The third-order valence-corrected chi connectivity index (χ3v) is 6.81. The number of nitrogens with one attached hydrogen (secondary N) is 1. The molecule has 1 amide bonds. The van der Waals surface area contributed by atoms with Gasteiger partial charge in [-0.2, -0.15) is 5.26 Å². The first-order valence-corrected chi connectivity index (χ1v) is 12.9. The number of carbonyl (C=O) groups is 1. The highest BCUT2D eigenvalue weighted by Crippen LogP contribution is 2.28. The summed E-state index contributed by atoms with van der Waals surface area (Å²) in [6.45, 7) is 8.05. The summed E-state index contributed by atoms with van der Waals surface area (Å²) < 4.78 is 2.12. The van der Waals surface area contributed by atoms with Gasteiger partial charge in [-0.15, -0.1) is 0 Å². The summed E-state index contributed by atoms with van der Waals surface area (Å²) in [6, 6.07) is 10.1. The molecule has 0 bridgehead atoms. The van der Waals surface area contributed by atoms with Crippen molar-refractivity contribution in [3.8, 4) is 6.07 Å². The average molecular weight is 465 g/mol. The van der Waals surface area contributed by atoms with E-state index < -0.39 is 6.10 Å². The van der Waals surface area contributed by atoms with Crippen LogP contribution in [0.2, 0.25) is 0 Å². The summed E-state index contributed by atoms with van der Waals surface area (Å²) >= 11 is 0. The van der Waals surface area contributed by atoms with Crippen molar-refractivity contribution >= 4 is 22.9 Å². The minimum Gasteiger partial charge on any atom is -0.390 e. The first-order chi connectivity index (χ1) is 16.5. The van der Waals surface area contributed by atoms with Crippen molar-refractivity contribution in [2.45, 2.75) is 77.9 Å². The first-order valence-electron chi connectivity index (χ1n) is 12.9. The van der Waals surface area contributed by atoms with Crippen molar-refractivity contribution in [1.29, 1.82) is 5.26 Å². The number of nitriles is 1. The molecular formula is C28H40N4O2. The van der Waals surface area contributed by atoms with Gasteiger partial charge in [0.15, 0.2) is 0 Å². The molecule has 0 saturated carbocycles. The standard InChI is InChI=1S/C28H40N4O2/c1-3-4-5-6-7-10-15-30-28(34)23(19-29)18-26-22(2)32(27-14-9-8-13-25(26)27)21-24(33)20-31-16-11-12-17-31/h8-9,13-14,18,24,33H,3-7,10-12,15-17,20-21H2,1-2H3,(H,30,34)/b23-18+. The molecule has 3 rings (SSSR count). The topological polar surface area (TPSA) is 81.3 Å². The number of benzene rings is 1. The number of hydrogen-bond donors (Lipinski definition) is 2. The molecule has 1 aromatic heterocycles. The molecule has 1 aromatic carbocycles. The van der Waals surface area contributed by atoms with Crippen molar-refractivity contribution in [1.82, 2.24) is 14.8 Å². The molecule has 184 valence electrons. The third kappa shape index (κ3) is 6.94. The first kappa shape index (κ1) is 26.0. The summed E-state index contributed by atoms with van der Waals surface area (Å²) in [4.78, 5) is 15.0. The SMILES string of the molecule is CCCCCCCCNC(=O)/C(C#N)=C/c1c(C)n(CC(O)CN2CCCC2)c2ccccc12. The predicted octanol–water partition coefficient (Wildman–Crippen LogP) is 4.79. The van der Waals surface area contributed by atoms with Crippen molar-refractivity contribution in [2.24, 2.45) is 0 Å². The van der Waals surface area contributed by atoms with Gasteiger partial charge >= 0.3 is 0 Å². The number of rotatable bonds is 13. The molecule has 0 aliphatic carbocycles. The van der Waals surface area contributed by atoms with Crippen LogP contribution in [0.25, 0.3) is 17.0 Å². The Balaban J connectivity index is 1.71. The molecule has 2 N–H and O–H groups in total. The molecular weight excluding hydrogens is 424 g/mol. The fraction of sp³-hybridized carbons (Fsp3) is 0.571. The van der Waals surface area contributed by atoms with Gasteiger partial charge in [0.05, 0.1) is 12.6 Å². The number of amides is 1. The lowest BCUT2D eigenvalue weighted by molar-refractivity contribution is -0.117. The van der Waals surface area contributed by atoms with Gasteiger partial charge in [-0.3, -0.25) is 4.79 Å². The van der Waals surface area contributed by atoms with Crippen LogP contribution in [0.5, 0.6) is 0 Å². The van der Waals surface area contributed by atoms with Gasteiger partial charge in [-0.25, -0.2) is 0 Å². The minimum absolute atomic E-state index is 0.120. The summed E-state index contributed by atoms with van der Waals surface area (Å²) in [5.41, 5.74) is 2.96. The number of β-amino-alcohol motifs (C(OH)–C–C–N with tert-alkyl or cyclic N) is 1. The van der Waals surface area contributed by atoms with E-state index in [1.165, 1.54) is 38.5 Å². The fourth-order valence-electron chi connectivity index (χ4n) is 4.90. The van der Waals surface area contributed by atoms with Crippen LogP contribution in [0.15, 0.2) is 29.8 Å². The van der Waals surface area contributed by atoms with E-state index >= 15 is 0 Å². The molecule has 1 atom stereocenters. The zero-order valence-corrected chi connectivity index (χ0v) is 20.9. The third-order valence-electron chi connectivity index (χ3n) is 6.81.